The van der Waals surface area contributed by atoms with E-state index in [-0.39, 0.29) is 0 Å². The summed E-state index contributed by atoms with van der Waals surface area (Å²) in [4.78, 5) is 0. The van der Waals surface area contributed by atoms with Gasteiger partial charge in [0.2, 0.25) is 5.88 Å². The van der Waals surface area contributed by atoms with Crippen molar-refractivity contribution in [2.24, 2.45) is 7.05 Å². The van der Waals surface area contributed by atoms with Crippen LogP contribution >= 0.6 is 0 Å². The fourth-order valence-corrected chi connectivity index (χ4v) is 2.00. The van der Waals surface area contributed by atoms with Crippen molar-refractivity contribution in [1.82, 2.24) is 9.78 Å². The highest BCUT2D eigenvalue weighted by Crippen LogP contribution is 2.34. The van der Waals surface area contributed by atoms with Gasteiger partial charge in [0.1, 0.15) is 11.6 Å². The van der Waals surface area contributed by atoms with Gasteiger partial charge in [-0.2, -0.15) is 10.4 Å². The summed E-state index contributed by atoms with van der Waals surface area (Å²) in [5, 5.41) is 13.4. The Morgan fingerprint density at radius 1 is 1.35 bits per heavy atom. The number of aryl methyl sites for hydroxylation is 3. The normalized spacial score (nSPS) is 10.2. The molecule has 0 aliphatic heterocycles. The number of nitrogens with zero attached hydrogens (tertiary/aromatic N) is 3. The molecule has 1 aromatic heterocycles. The molecule has 1 heterocycles. The maximum absolute atomic E-state index is 9.18. The first kappa shape index (κ1) is 13.9. The zero-order chi connectivity index (χ0) is 14.7. The second kappa shape index (κ2) is 5.66. The Hall–Kier alpha value is -2.48. The quantitative estimate of drug-likeness (QED) is 0.857. The highest BCUT2D eigenvalue weighted by Gasteiger charge is 2.17. The minimum Gasteiger partial charge on any atom is -0.493 e. The van der Waals surface area contributed by atoms with Crippen molar-refractivity contribution < 1.29 is 9.47 Å². The van der Waals surface area contributed by atoms with E-state index >= 15 is 0 Å². The van der Waals surface area contributed by atoms with E-state index in [0.717, 1.165) is 12.0 Å². The number of nitriles is 1. The van der Waals surface area contributed by atoms with Gasteiger partial charge in [0, 0.05) is 7.05 Å². The number of ether oxygens (including phenoxy) is 2. The summed E-state index contributed by atoms with van der Waals surface area (Å²) in [6.07, 6.45) is 0.922. The predicted molar refractivity (Wildman–Crippen MR) is 75.1 cm³/mol. The smallest absolute Gasteiger partial charge is 0.236 e. The first-order chi connectivity index (χ1) is 9.60. The minimum absolute atomic E-state index is 0.424. The van der Waals surface area contributed by atoms with Gasteiger partial charge < -0.3 is 9.47 Å². The molecule has 104 valence electrons. The molecule has 0 aliphatic carbocycles. The van der Waals surface area contributed by atoms with Crippen LogP contribution in [0, 0.1) is 18.3 Å². The fourth-order valence-electron chi connectivity index (χ4n) is 2.00. The van der Waals surface area contributed by atoms with E-state index in [2.05, 4.69) is 18.1 Å². The third-order valence-corrected chi connectivity index (χ3v) is 3.12. The van der Waals surface area contributed by atoms with Crippen LogP contribution in [-0.2, 0) is 13.5 Å². The molecule has 0 unspecified atom stereocenters. The molecule has 0 N–H and O–H groups in total. The van der Waals surface area contributed by atoms with Gasteiger partial charge >= 0.3 is 0 Å². The topological polar surface area (TPSA) is 60.1 Å². The largest absolute Gasteiger partial charge is 0.493 e. The number of hydrogen-bond acceptors (Lipinski definition) is 4. The molecule has 5 nitrogen and oxygen atoms in total. The number of rotatable bonds is 4. The lowest BCUT2D eigenvalue weighted by Gasteiger charge is -2.11. The molecule has 0 spiro atoms. The van der Waals surface area contributed by atoms with Crippen LogP contribution in [0.15, 0.2) is 18.2 Å². The van der Waals surface area contributed by atoms with Crippen molar-refractivity contribution in [3.8, 4) is 23.4 Å². The van der Waals surface area contributed by atoms with Crippen LogP contribution in [0.25, 0.3) is 0 Å². The molecule has 20 heavy (non-hydrogen) atoms. The molecule has 0 fully saturated rings. The molecule has 0 atom stereocenters. The summed E-state index contributed by atoms with van der Waals surface area (Å²) < 4.78 is 12.7. The Bertz CT molecular complexity index is 668. The van der Waals surface area contributed by atoms with E-state index in [9.17, 15) is 5.26 Å². The van der Waals surface area contributed by atoms with E-state index in [1.165, 1.54) is 0 Å². The van der Waals surface area contributed by atoms with Gasteiger partial charge in [-0.3, -0.25) is 0 Å². The van der Waals surface area contributed by atoms with Crippen LogP contribution in [0.5, 0.6) is 17.4 Å². The summed E-state index contributed by atoms with van der Waals surface area (Å²) >= 11 is 0. The van der Waals surface area contributed by atoms with E-state index in [0.29, 0.717) is 28.6 Å². The third kappa shape index (κ3) is 2.45. The average Bonchev–Trinajstić information content (AvgIpc) is 2.73. The van der Waals surface area contributed by atoms with E-state index in [1.807, 2.05) is 18.2 Å². The molecule has 0 bridgehead atoms. The summed E-state index contributed by atoms with van der Waals surface area (Å²) in [6, 6.07) is 7.88. The molecule has 0 saturated carbocycles. The van der Waals surface area contributed by atoms with Crippen LogP contribution in [0.3, 0.4) is 0 Å². The summed E-state index contributed by atoms with van der Waals surface area (Å²) in [6.45, 7) is 3.86. The lowest BCUT2D eigenvalue weighted by atomic mass is 10.1. The molecule has 2 aromatic rings. The average molecular weight is 271 g/mol. The first-order valence-corrected chi connectivity index (χ1v) is 6.39. The lowest BCUT2D eigenvalue weighted by molar-refractivity contribution is 0.365. The standard InChI is InChI=1S/C15H17N3O2/c1-5-11-6-7-13(14(8-11)19-4)20-15-12(9-16)10(2)17-18(15)3/h6-8H,5H2,1-4H3. The molecule has 0 amide bonds. The van der Waals surface area contributed by atoms with Gasteiger partial charge in [-0.1, -0.05) is 13.0 Å². The van der Waals surface area contributed by atoms with Gasteiger partial charge in [-0.05, 0) is 31.0 Å². The third-order valence-electron chi connectivity index (χ3n) is 3.12. The van der Waals surface area contributed by atoms with Crippen LogP contribution in [-0.4, -0.2) is 16.9 Å². The molecular weight excluding hydrogens is 254 g/mol. The second-order valence-electron chi connectivity index (χ2n) is 4.44. The lowest BCUT2D eigenvalue weighted by Crippen LogP contribution is -1.98. The van der Waals surface area contributed by atoms with Crippen molar-refractivity contribution in [2.45, 2.75) is 20.3 Å². The van der Waals surface area contributed by atoms with E-state index in [4.69, 9.17) is 9.47 Å². The highest BCUT2D eigenvalue weighted by molar-refractivity contribution is 5.48. The summed E-state index contributed by atoms with van der Waals surface area (Å²) in [7, 11) is 3.34. The van der Waals surface area contributed by atoms with Crippen molar-refractivity contribution in [1.29, 1.82) is 5.26 Å². The number of aromatic nitrogens is 2. The van der Waals surface area contributed by atoms with Crippen molar-refractivity contribution in [2.75, 3.05) is 7.11 Å². The van der Waals surface area contributed by atoms with Crippen molar-refractivity contribution in [3.63, 3.8) is 0 Å². The van der Waals surface area contributed by atoms with Gasteiger partial charge in [0.05, 0.1) is 12.8 Å². The Labute approximate surface area is 118 Å². The van der Waals surface area contributed by atoms with Gasteiger partial charge in [0.15, 0.2) is 11.5 Å². The molecule has 2 rings (SSSR count). The maximum atomic E-state index is 9.18. The number of benzene rings is 1. The molecule has 1 aromatic carbocycles. The second-order valence-corrected chi connectivity index (χ2v) is 4.44. The molecule has 0 saturated heterocycles. The van der Waals surface area contributed by atoms with Crippen LogP contribution < -0.4 is 9.47 Å². The van der Waals surface area contributed by atoms with Crippen LogP contribution in [0.1, 0.15) is 23.7 Å². The first-order valence-electron chi connectivity index (χ1n) is 6.39. The predicted octanol–water partition coefficient (Wildman–Crippen LogP) is 2.96. The highest BCUT2D eigenvalue weighted by atomic mass is 16.5. The zero-order valence-corrected chi connectivity index (χ0v) is 12.1. The van der Waals surface area contributed by atoms with Gasteiger partial charge in [-0.15, -0.1) is 0 Å². The van der Waals surface area contributed by atoms with E-state index < -0.39 is 0 Å². The van der Waals surface area contributed by atoms with Crippen LogP contribution in [0.4, 0.5) is 0 Å². The monoisotopic (exact) mass is 271 g/mol. The Morgan fingerprint density at radius 3 is 2.70 bits per heavy atom. The maximum Gasteiger partial charge on any atom is 0.236 e. The summed E-state index contributed by atoms with van der Waals surface area (Å²) in [5.74, 6) is 1.64. The fraction of sp³-hybridized carbons (Fsp3) is 0.333. The molecule has 5 heteroatoms. The Morgan fingerprint density at radius 2 is 2.10 bits per heavy atom. The Balaban J connectivity index is 2.43. The summed E-state index contributed by atoms with van der Waals surface area (Å²) in [5.41, 5.74) is 2.25. The minimum atomic E-state index is 0.424. The molecule has 0 aliphatic rings. The SMILES string of the molecule is CCc1ccc(Oc2c(C#N)c(C)nn2C)c(OC)c1. The van der Waals surface area contributed by atoms with Crippen molar-refractivity contribution in [3.05, 3.63) is 35.0 Å². The molecular formula is C15H17N3O2. The molecule has 0 radical (unpaired) electrons. The van der Waals surface area contributed by atoms with Gasteiger partial charge in [0.25, 0.3) is 0 Å². The van der Waals surface area contributed by atoms with E-state index in [1.54, 1.807) is 25.8 Å². The van der Waals surface area contributed by atoms with Gasteiger partial charge in [-0.25, -0.2) is 4.68 Å². The zero-order valence-electron chi connectivity index (χ0n) is 12.1. The number of hydrogen-bond donors (Lipinski definition) is 0. The number of methoxy groups -OCH3 is 1. The Kier molecular flexibility index (Phi) is 3.94. The van der Waals surface area contributed by atoms with Crippen LogP contribution in [0.2, 0.25) is 0 Å². The van der Waals surface area contributed by atoms with Crippen molar-refractivity contribution >= 4 is 0 Å².